The van der Waals surface area contributed by atoms with Gasteiger partial charge in [0.25, 0.3) is 0 Å². The molecule has 1 rings (SSSR count). The van der Waals surface area contributed by atoms with Crippen molar-refractivity contribution in [1.82, 2.24) is 0 Å². The standard InChI is InChI=1S/C13H18O2/c1-3-5-12-6-8-13(9-7-12)15-11-10-14-4-2/h3,5-9H,4,10-11H2,1-2H3/b5-3+. The van der Waals surface area contributed by atoms with Crippen molar-refractivity contribution in [3.63, 3.8) is 0 Å². The lowest BCUT2D eigenvalue weighted by Crippen LogP contribution is -2.06. The molecule has 0 amide bonds. The summed E-state index contributed by atoms with van der Waals surface area (Å²) < 4.78 is 10.7. The van der Waals surface area contributed by atoms with Gasteiger partial charge in [0, 0.05) is 6.61 Å². The minimum atomic E-state index is 0.608. The highest BCUT2D eigenvalue weighted by molar-refractivity contribution is 5.50. The molecule has 2 nitrogen and oxygen atoms in total. The van der Waals surface area contributed by atoms with Crippen molar-refractivity contribution in [1.29, 1.82) is 0 Å². The lowest BCUT2D eigenvalue weighted by atomic mass is 10.2. The van der Waals surface area contributed by atoms with Gasteiger partial charge in [0.05, 0.1) is 6.61 Å². The largest absolute Gasteiger partial charge is 0.491 e. The van der Waals surface area contributed by atoms with Gasteiger partial charge in [-0.1, -0.05) is 24.3 Å². The second-order valence-electron chi connectivity index (χ2n) is 3.11. The summed E-state index contributed by atoms with van der Waals surface area (Å²) in [6.45, 7) is 5.98. The van der Waals surface area contributed by atoms with Crippen molar-refractivity contribution in [2.45, 2.75) is 13.8 Å². The average molecular weight is 206 g/mol. The van der Waals surface area contributed by atoms with Gasteiger partial charge in [-0.25, -0.2) is 0 Å². The topological polar surface area (TPSA) is 18.5 Å². The highest BCUT2D eigenvalue weighted by Gasteiger charge is 1.93. The molecule has 1 aromatic carbocycles. The Balaban J connectivity index is 2.36. The van der Waals surface area contributed by atoms with E-state index >= 15 is 0 Å². The summed E-state index contributed by atoms with van der Waals surface area (Å²) in [5, 5.41) is 0. The monoisotopic (exact) mass is 206 g/mol. The molecule has 0 radical (unpaired) electrons. The van der Waals surface area contributed by atoms with Crippen LogP contribution in [-0.4, -0.2) is 19.8 Å². The maximum absolute atomic E-state index is 5.49. The minimum absolute atomic E-state index is 0.608. The minimum Gasteiger partial charge on any atom is -0.491 e. The number of hydrogen-bond acceptors (Lipinski definition) is 2. The van der Waals surface area contributed by atoms with E-state index in [4.69, 9.17) is 9.47 Å². The van der Waals surface area contributed by atoms with E-state index in [1.54, 1.807) is 0 Å². The molecule has 0 unspecified atom stereocenters. The summed E-state index contributed by atoms with van der Waals surface area (Å²) in [6, 6.07) is 8.02. The lowest BCUT2D eigenvalue weighted by Gasteiger charge is -2.06. The molecule has 0 heterocycles. The van der Waals surface area contributed by atoms with E-state index in [2.05, 4.69) is 6.08 Å². The molecular weight excluding hydrogens is 188 g/mol. The van der Waals surface area contributed by atoms with Gasteiger partial charge < -0.3 is 9.47 Å². The van der Waals surface area contributed by atoms with E-state index in [-0.39, 0.29) is 0 Å². The molecule has 2 heteroatoms. The Bertz CT molecular complexity index is 288. The van der Waals surface area contributed by atoms with Gasteiger partial charge in [0.1, 0.15) is 12.4 Å². The van der Waals surface area contributed by atoms with Crippen LogP contribution in [-0.2, 0) is 4.74 Å². The van der Waals surface area contributed by atoms with Gasteiger partial charge in [-0.2, -0.15) is 0 Å². The lowest BCUT2D eigenvalue weighted by molar-refractivity contribution is 0.110. The fraction of sp³-hybridized carbons (Fsp3) is 0.385. The second-order valence-corrected chi connectivity index (χ2v) is 3.11. The fourth-order valence-electron chi connectivity index (χ4n) is 1.23. The smallest absolute Gasteiger partial charge is 0.119 e. The first-order valence-corrected chi connectivity index (χ1v) is 5.30. The maximum Gasteiger partial charge on any atom is 0.119 e. The second kappa shape index (κ2) is 7.07. The third-order valence-electron chi connectivity index (χ3n) is 1.94. The molecule has 82 valence electrons. The van der Waals surface area contributed by atoms with Gasteiger partial charge in [-0.3, -0.25) is 0 Å². The van der Waals surface area contributed by atoms with Crippen LogP contribution < -0.4 is 4.74 Å². The Hall–Kier alpha value is -1.28. The van der Waals surface area contributed by atoms with Crippen LogP contribution in [0.5, 0.6) is 5.75 Å². The molecule has 0 saturated carbocycles. The van der Waals surface area contributed by atoms with Crippen LogP contribution >= 0.6 is 0 Å². The Kier molecular flexibility index (Phi) is 5.56. The van der Waals surface area contributed by atoms with Crippen LogP contribution in [0.2, 0.25) is 0 Å². The van der Waals surface area contributed by atoms with E-state index in [0.29, 0.717) is 13.2 Å². The normalized spacial score (nSPS) is 10.8. The molecule has 0 saturated heterocycles. The molecule has 0 aromatic heterocycles. The zero-order valence-corrected chi connectivity index (χ0v) is 9.40. The molecular formula is C13H18O2. The Morgan fingerprint density at radius 3 is 2.47 bits per heavy atom. The van der Waals surface area contributed by atoms with E-state index in [9.17, 15) is 0 Å². The van der Waals surface area contributed by atoms with Gasteiger partial charge >= 0.3 is 0 Å². The molecule has 0 fully saturated rings. The van der Waals surface area contributed by atoms with Gasteiger partial charge in [0.2, 0.25) is 0 Å². The van der Waals surface area contributed by atoms with Crippen LogP contribution in [0.4, 0.5) is 0 Å². The quantitative estimate of drug-likeness (QED) is 0.666. The van der Waals surface area contributed by atoms with E-state index in [0.717, 1.165) is 12.4 Å². The molecule has 0 atom stereocenters. The van der Waals surface area contributed by atoms with Crippen LogP contribution in [0.1, 0.15) is 19.4 Å². The van der Waals surface area contributed by atoms with E-state index in [1.165, 1.54) is 5.56 Å². The number of rotatable bonds is 6. The molecule has 0 aliphatic rings. The number of hydrogen-bond donors (Lipinski definition) is 0. The first-order chi connectivity index (χ1) is 7.36. The highest BCUT2D eigenvalue weighted by Crippen LogP contribution is 2.12. The molecule has 0 aliphatic carbocycles. The SMILES string of the molecule is C/C=C/c1ccc(OCCOCC)cc1. The zero-order valence-electron chi connectivity index (χ0n) is 9.40. The predicted octanol–water partition coefficient (Wildman–Crippen LogP) is 3.14. The molecule has 0 N–H and O–H groups in total. The Morgan fingerprint density at radius 1 is 1.13 bits per heavy atom. The summed E-state index contributed by atoms with van der Waals surface area (Å²) in [7, 11) is 0. The first-order valence-electron chi connectivity index (χ1n) is 5.30. The van der Waals surface area contributed by atoms with Crippen LogP contribution in [0.25, 0.3) is 6.08 Å². The van der Waals surface area contributed by atoms with Crippen molar-refractivity contribution in [3.8, 4) is 5.75 Å². The molecule has 0 aliphatic heterocycles. The third kappa shape index (κ3) is 4.66. The molecule has 0 spiro atoms. The van der Waals surface area contributed by atoms with Gasteiger partial charge in [-0.05, 0) is 31.5 Å². The summed E-state index contributed by atoms with van der Waals surface area (Å²) in [5.74, 6) is 0.892. The van der Waals surface area contributed by atoms with Crippen molar-refractivity contribution < 1.29 is 9.47 Å². The molecule has 1 aromatic rings. The summed E-state index contributed by atoms with van der Waals surface area (Å²) >= 11 is 0. The van der Waals surface area contributed by atoms with Crippen molar-refractivity contribution >= 4 is 6.08 Å². The molecule has 0 bridgehead atoms. The first kappa shape index (κ1) is 11.8. The fourth-order valence-corrected chi connectivity index (χ4v) is 1.23. The van der Waals surface area contributed by atoms with Gasteiger partial charge in [-0.15, -0.1) is 0 Å². The van der Waals surface area contributed by atoms with Crippen molar-refractivity contribution in [3.05, 3.63) is 35.9 Å². The maximum atomic E-state index is 5.49. The molecule has 15 heavy (non-hydrogen) atoms. The Morgan fingerprint density at radius 2 is 1.87 bits per heavy atom. The van der Waals surface area contributed by atoms with Crippen molar-refractivity contribution in [2.75, 3.05) is 19.8 Å². The predicted molar refractivity (Wildman–Crippen MR) is 63.1 cm³/mol. The number of ether oxygens (including phenoxy) is 2. The summed E-state index contributed by atoms with van der Waals surface area (Å²) in [5.41, 5.74) is 1.19. The van der Waals surface area contributed by atoms with Gasteiger partial charge in [0.15, 0.2) is 0 Å². The number of allylic oxidation sites excluding steroid dienone is 1. The zero-order chi connectivity index (χ0) is 10.9. The summed E-state index contributed by atoms with van der Waals surface area (Å²) in [4.78, 5) is 0. The van der Waals surface area contributed by atoms with E-state index in [1.807, 2.05) is 44.2 Å². The van der Waals surface area contributed by atoms with E-state index < -0.39 is 0 Å². The van der Waals surface area contributed by atoms with Crippen molar-refractivity contribution in [2.24, 2.45) is 0 Å². The highest BCUT2D eigenvalue weighted by atomic mass is 16.5. The Labute approximate surface area is 91.5 Å². The third-order valence-corrected chi connectivity index (χ3v) is 1.94. The van der Waals surface area contributed by atoms with Crippen LogP contribution in [0.15, 0.2) is 30.3 Å². The number of benzene rings is 1. The van der Waals surface area contributed by atoms with Crippen LogP contribution in [0.3, 0.4) is 0 Å². The average Bonchev–Trinajstić information content (AvgIpc) is 2.27. The summed E-state index contributed by atoms with van der Waals surface area (Å²) in [6.07, 6.45) is 4.08. The van der Waals surface area contributed by atoms with Crippen LogP contribution in [0, 0.1) is 0 Å².